The van der Waals surface area contributed by atoms with Gasteiger partial charge in [0.15, 0.2) is 0 Å². The van der Waals surface area contributed by atoms with Crippen LogP contribution in [0.2, 0.25) is 0 Å². The first kappa shape index (κ1) is 16.7. The summed E-state index contributed by atoms with van der Waals surface area (Å²) in [5.74, 6) is -0.0310. The molecule has 4 heteroatoms. The number of rotatable bonds is 8. The molecule has 0 aromatic heterocycles. The van der Waals surface area contributed by atoms with Crippen LogP contribution in [-0.4, -0.2) is 41.1 Å². The summed E-state index contributed by atoms with van der Waals surface area (Å²) < 4.78 is 0. The van der Waals surface area contributed by atoms with Gasteiger partial charge in [-0.1, -0.05) is 32.0 Å². The molecule has 0 aliphatic carbocycles. The van der Waals surface area contributed by atoms with Crippen molar-refractivity contribution < 1.29 is 9.90 Å². The van der Waals surface area contributed by atoms with Crippen molar-refractivity contribution in [3.8, 4) is 0 Å². The number of amides is 1. The van der Waals surface area contributed by atoms with E-state index in [1.807, 2.05) is 37.3 Å². The topological polar surface area (TPSA) is 52.6 Å². The molecule has 0 saturated heterocycles. The molecule has 1 amide bonds. The van der Waals surface area contributed by atoms with E-state index >= 15 is 0 Å². The van der Waals surface area contributed by atoms with E-state index in [0.29, 0.717) is 12.6 Å². The number of carbonyl (C=O) groups is 1. The molecular weight excluding hydrogens is 252 g/mol. The van der Waals surface area contributed by atoms with Crippen molar-refractivity contribution in [3.63, 3.8) is 0 Å². The highest BCUT2D eigenvalue weighted by Crippen LogP contribution is 2.14. The van der Waals surface area contributed by atoms with Gasteiger partial charge in [-0.25, -0.2) is 0 Å². The maximum absolute atomic E-state index is 12.3. The molecule has 0 aliphatic rings. The van der Waals surface area contributed by atoms with Crippen LogP contribution in [0, 0.1) is 0 Å². The summed E-state index contributed by atoms with van der Waals surface area (Å²) in [6, 6.07) is 9.52. The van der Waals surface area contributed by atoms with E-state index < -0.39 is 0 Å². The first-order valence-corrected chi connectivity index (χ1v) is 7.36. The molecule has 0 spiro atoms. The molecule has 1 aromatic carbocycles. The quantitative estimate of drug-likeness (QED) is 0.768. The third-order valence-electron chi connectivity index (χ3n) is 3.69. The van der Waals surface area contributed by atoms with Gasteiger partial charge in [0.05, 0.1) is 12.6 Å². The van der Waals surface area contributed by atoms with Gasteiger partial charge in [0.2, 0.25) is 5.91 Å². The number of hydrogen-bond acceptors (Lipinski definition) is 3. The molecule has 0 heterocycles. The van der Waals surface area contributed by atoms with Gasteiger partial charge in [0, 0.05) is 18.3 Å². The van der Waals surface area contributed by atoms with Crippen LogP contribution in [0.5, 0.6) is 0 Å². The van der Waals surface area contributed by atoms with E-state index in [1.54, 1.807) is 0 Å². The molecule has 0 saturated carbocycles. The van der Waals surface area contributed by atoms with E-state index in [9.17, 15) is 9.90 Å². The minimum atomic E-state index is -0.257. The summed E-state index contributed by atoms with van der Waals surface area (Å²) in [6.45, 7) is 6.71. The number of hydrogen-bond donors (Lipinski definition) is 2. The van der Waals surface area contributed by atoms with Crippen molar-refractivity contribution in [2.45, 2.75) is 45.7 Å². The van der Waals surface area contributed by atoms with Crippen molar-refractivity contribution in [2.24, 2.45) is 0 Å². The van der Waals surface area contributed by atoms with Gasteiger partial charge in [-0.3, -0.25) is 9.69 Å². The second kappa shape index (κ2) is 8.72. The van der Waals surface area contributed by atoms with Crippen LogP contribution in [0.1, 0.15) is 33.6 Å². The summed E-state index contributed by atoms with van der Waals surface area (Å²) in [6.07, 6.45) is 1.94. The summed E-state index contributed by atoms with van der Waals surface area (Å²) in [7, 11) is 0. The van der Waals surface area contributed by atoms with Crippen molar-refractivity contribution in [1.29, 1.82) is 0 Å². The molecule has 4 nitrogen and oxygen atoms in total. The SMILES string of the molecule is CCC(CC)N(CCO)C(C)C(=O)Nc1ccccc1. The number of aliphatic hydroxyl groups excluding tert-OH is 1. The Morgan fingerprint density at radius 2 is 1.85 bits per heavy atom. The molecule has 0 bridgehead atoms. The number of para-hydroxylation sites is 1. The van der Waals surface area contributed by atoms with Gasteiger partial charge in [-0.05, 0) is 31.9 Å². The number of anilines is 1. The molecule has 0 radical (unpaired) electrons. The number of aliphatic hydroxyl groups is 1. The van der Waals surface area contributed by atoms with E-state index in [0.717, 1.165) is 18.5 Å². The van der Waals surface area contributed by atoms with Crippen molar-refractivity contribution in [1.82, 2.24) is 4.90 Å². The lowest BCUT2D eigenvalue weighted by atomic mass is 10.1. The predicted molar refractivity (Wildman–Crippen MR) is 82.7 cm³/mol. The largest absolute Gasteiger partial charge is 0.395 e. The molecule has 1 rings (SSSR count). The smallest absolute Gasteiger partial charge is 0.241 e. The van der Waals surface area contributed by atoms with E-state index in [1.165, 1.54) is 0 Å². The Kier molecular flexibility index (Phi) is 7.26. The molecule has 1 atom stereocenters. The highest BCUT2D eigenvalue weighted by Gasteiger charge is 2.25. The van der Waals surface area contributed by atoms with Crippen molar-refractivity contribution >= 4 is 11.6 Å². The third-order valence-corrected chi connectivity index (χ3v) is 3.69. The lowest BCUT2D eigenvalue weighted by Gasteiger charge is -2.34. The Labute approximate surface area is 121 Å². The van der Waals surface area contributed by atoms with E-state index in [-0.39, 0.29) is 18.6 Å². The van der Waals surface area contributed by atoms with Crippen molar-refractivity contribution in [2.75, 3.05) is 18.5 Å². The van der Waals surface area contributed by atoms with Gasteiger partial charge in [0.25, 0.3) is 0 Å². The van der Waals surface area contributed by atoms with Crippen molar-refractivity contribution in [3.05, 3.63) is 30.3 Å². The van der Waals surface area contributed by atoms with Crippen LogP contribution >= 0.6 is 0 Å². The average molecular weight is 278 g/mol. The maximum atomic E-state index is 12.3. The molecule has 2 N–H and O–H groups in total. The minimum Gasteiger partial charge on any atom is -0.395 e. The van der Waals surface area contributed by atoms with Crippen LogP contribution in [-0.2, 0) is 4.79 Å². The van der Waals surface area contributed by atoms with Crippen LogP contribution in [0.3, 0.4) is 0 Å². The lowest BCUT2D eigenvalue weighted by Crippen LogP contribution is -2.48. The fraction of sp³-hybridized carbons (Fsp3) is 0.562. The Bertz CT molecular complexity index is 391. The molecule has 1 unspecified atom stereocenters. The normalized spacial score (nSPS) is 12.7. The zero-order chi connectivity index (χ0) is 15.0. The molecule has 0 fully saturated rings. The van der Waals surface area contributed by atoms with E-state index in [2.05, 4.69) is 24.1 Å². The minimum absolute atomic E-state index is 0.0310. The first-order chi connectivity index (χ1) is 9.63. The monoisotopic (exact) mass is 278 g/mol. The zero-order valence-electron chi connectivity index (χ0n) is 12.7. The number of nitrogens with zero attached hydrogens (tertiary/aromatic N) is 1. The van der Waals surface area contributed by atoms with Gasteiger partial charge < -0.3 is 10.4 Å². The lowest BCUT2D eigenvalue weighted by molar-refractivity contribution is -0.121. The Balaban J connectivity index is 2.73. The highest BCUT2D eigenvalue weighted by molar-refractivity contribution is 5.94. The number of nitrogens with one attached hydrogen (secondary N) is 1. The summed E-state index contributed by atoms with van der Waals surface area (Å²) in [4.78, 5) is 14.4. The predicted octanol–water partition coefficient (Wildman–Crippen LogP) is 2.50. The number of benzene rings is 1. The van der Waals surface area contributed by atoms with Crippen LogP contribution < -0.4 is 5.32 Å². The fourth-order valence-corrected chi connectivity index (χ4v) is 2.48. The van der Waals surface area contributed by atoms with Crippen LogP contribution in [0.15, 0.2) is 30.3 Å². The Morgan fingerprint density at radius 3 is 2.35 bits per heavy atom. The van der Waals surface area contributed by atoms with Crippen LogP contribution in [0.25, 0.3) is 0 Å². The van der Waals surface area contributed by atoms with Gasteiger partial charge in [0.1, 0.15) is 0 Å². The summed E-state index contributed by atoms with van der Waals surface area (Å²) >= 11 is 0. The fourth-order valence-electron chi connectivity index (χ4n) is 2.48. The molecule has 1 aromatic rings. The second-order valence-electron chi connectivity index (χ2n) is 4.96. The van der Waals surface area contributed by atoms with Crippen LogP contribution in [0.4, 0.5) is 5.69 Å². The van der Waals surface area contributed by atoms with Gasteiger partial charge in [-0.2, -0.15) is 0 Å². The number of carbonyl (C=O) groups excluding carboxylic acids is 1. The molecule has 112 valence electrons. The maximum Gasteiger partial charge on any atom is 0.241 e. The Morgan fingerprint density at radius 1 is 1.25 bits per heavy atom. The third kappa shape index (κ3) is 4.62. The van der Waals surface area contributed by atoms with Gasteiger partial charge in [-0.15, -0.1) is 0 Å². The highest BCUT2D eigenvalue weighted by atomic mass is 16.3. The molecular formula is C16H26N2O2. The second-order valence-corrected chi connectivity index (χ2v) is 4.96. The van der Waals surface area contributed by atoms with Gasteiger partial charge >= 0.3 is 0 Å². The summed E-state index contributed by atoms with van der Waals surface area (Å²) in [5, 5.41) is 12.1. The Hall–Kier alpha value is -1.39. The molecule has 20 heavy (non-hydrogen) atoms. The first-order valence-electron chi connectivity index (χ1n) is 7.36. The summed E-state index contributed by atoms with van der Waals surface area (Å²) in [5.41, 5.74) is 0.804. The average Bonchev–Trinajstić information content (AvgIpc) is 2.47. The molecule has 0 aliphatic heterocycles. The standard InChI is InChI=1S/C16H26N2O2/c1-4-15(5-2)18(11-12-19)13(3)16(20)17-14-9-7-6-8-10-14/h6-10,13,15,19H,4-5,11-12H2,1-3H3,(H,17,20). The van der Waals surface area contributed by atoms with E-state index in [4.69, 9.17) is 0 Å². The zero-order valence-corrected chi connectivity index (χ0v) is 12.7.